The molecule has 0 N–H and O–H groups in total. The number of carbonyl (C=O) groups is 1. The summed E-state index contributed by atoms with van der Waals surface area (Å²) in [5, 5.41) is 2.19. The van der Waals surface area contributed by atoms with Gasteiger partial charge in [0.1, 0.15) is 0 Å². The number of hydrogen-bond donors (Lipinski definition) is 0. The molecule has 0 heterocycles. The van der Waals surface area contributed by atoms with Crippen molar-refractivity contribution in [2.45, 2.75) is 19.3 Å². The molecule has 112 valence electrons. The number of Topliss-reactive ketones (excluding diaryl/α,β-unsaturated/α-hetero) is 1. The summed E-state index contributed by atoms with van der Waals surface area (Å²) in [6.07, 6.45) is 6.90. The maximum absolute atomic E-state index is 12.6. The molecular weight excluding hydrogens is 270 g/mol. The lowest BCUT2D eigenvalue weighted by atomic mass is 9.87. The van der Waals surface area contributed by atoms with Gasteiger partial charge in [-0.3, -0.25) is 4.79 Å². The number of hydrogen-bond acceptors (Lipinski definition) is 2. The van der Waals surface area contributed by atoms with E-state index in [1.807, 2.05) is 33.2 Å². The third-order valence-corrected chi connectivity index (χ3v) is 4.30. The van der Waals surface area contributed by atoms with E-state index in [9.17, 15) is 4.79 Å². The second-order valence-corrected chi connectivity index (χ2v) is 5.88. The third-order valence-electron chi connectivity index (χ3n) is 4.30. The molecule has 22 heavy (non-hydrogen) atoms. The van der Waals surface area contributed by atoms with Gasteiger partial charge in [-0.1, -0.05) is 55.5 Å². The maximum atomic E-state index is 12.6. The Balaban J connectivity index is 2.24. The Kier molecular flexibility index (Phi) is 3.84. The van der Waals surface area contributed by atoms with Gasteiger partial charge in [-0.15, -0.1) is 0 Å². The van der Waals surface area contributed by atoms with Gasteiger partial charge in [-0.25, -0.2) is 0 Å². The number of nitrogens with zero attached hydrogens (tertiary/aromatic N) is 1. The molecule has 2 nitrogen and oxygen atoms in total. The molecule has 1 aliphatic carbocycles. The first kappa shape index (κ1) is 14.6. The van der Waals surface area contributed by atoms with Gasteiger partial charge in [0.05, 0.1) is 0 Å². The van der Waals surface area contributed by atoms with E-state index in [1.54, 1.807) is 0 Å². The molecule has 1 atom stereocenters. The standard InChI is InChI=1S/C20H21NO/c1-4-19(22)20-15-9-6-5-8-14(15)12-13-17(20)16-10-7-11-18(16)21(2)3/h5-13,16H,4H2,1-3H3. The monoisotopic (exact) mass is 291 g/mol. The average molecular weight is 291 g/mol. The van der Waals surface area contributed by atoms with Gasteiger partial charge in [-0.2, -0.15) is 0 Å². The normalized spacial score (nSPS) is 16.9. The molecule has 1 unspecified atom stereocenters. The predicted octanol–water partition coefficient (Wildman–Crippen LogP) is 4.53. The van der Waals surface area contributed by atoms with Gasteiger partial charge in [-0.05, 0) is 22.4 Å². The summed E-state index contributed by atoms with van der Waals surface area (Å²) in [5.41, 5.74) is 3.21. The number of rotatable bonds is 4. The van der Waals surface area contributed by atoms with E-state index >= 15 is 0 Å². The first-order chi connectivity index (χ1) is 10.6. The third kappa shape index (κ3) is 2.35. The van der Waals surface area contributed by atoms with Crippen molar-refractivity contribution in [1.29, 1.82) is 0 Å². The van der Waals surface area contributed by atoms with Crippen LogP contribution in [0.3, 0.4) is 0 Å². The molecule has 3 rings (SSSR count). The lowest BCUT2D eigenvalue weighted by Gasteiger charge is -2.24. The van der Waals surface area contributed by atoms with Gasteiger partial charge < -0.3 is 4.90 Å². The van der Waals surface area contributed by atoms with Crippen LogP contribution in [0.15, 0.2) is 60.3 Å². The van der Waals surface area contributed by atoms with Crippen molar-refractivity contribution in [3.8, 4) is 0 Å². The molecule has 2 aromatic rings. The smallest absolute Gasteiger partial charge is 0.163 e. The van der Waals surface area contributed by atoms with Crippen molar-refractivity contribution in [2.75, 3.05) is 14.1 Å². The Morgan fingerprint density at radius 3 is 2.64 bits per heavy atom. The van der Waals surface area contributed by atoms with Crippen molar-refractivity contribution in [3.05, 3.63) is 71.5 Å². The maximum Gasteiger partial charge on any atom is 0.163 e. The fraction of sp³-hybridized carbons (Fsp3) is 0.250. The van der Waals surface area contributed by atoms with E-state index in [4.69, 9.17) is 0 Å². The van der Waals surface area contributed by atoms with Crippen molar-refractivity contribution in [2.24, 2.45) is 0 Å². The number of likely N-dealkylation sites (N-methyl/N-ethyl adjacent to an activating group) is 1. The summed E-state index contributed by atoms with van der Waals surface area (Å²) >= 11 is 0. The van der Waals surface area contributed by atoms with Gasteiger partial charge in [0.2, 0.25) is 0 Å². The molecule has 0 saturated carbocycles. The zero-order valence-corrected chi connectivity index (χ0v) is 13.3. The zero-order chi connectivity index (χ0) is 15.7. The largest absolute Gasteiger partial charge is 0.380 e. The van der Waals surface area contributed by atoms with Crippen LogP contribution in [0.5, 0.6) is 0 Å². The van der Waals surface area contributed by atoms with Crippen LogP contribution < -0.4 is 0 Å². The van der Waals surface area contributed by atoms with E-state index < -0.39 is 0 Å². The van der Waals surface area contributed by atoms with Crippen LogP contribution in [-0.2, 0) is 0 Å². The van der Waals surface area contributed by atoms with Crippen LogP contribution >= 0.6 is 0 Å². The Labute approximate surface area is 131 Å². The van der Waals surface area contributed by atoms with Crippen LogP contribution in [0.2, 0.25) is 0 Å². The van der Waals surface area contributed by atoms with Gasteiger partial charge >= 0.3 is 0 Å². The molecule has 1 aliphatic rings. The average Bonchev–Trinajstić information content (AvgIpc) is 3.02. The molecule has 0 bridgehead atoms. The molecule has 0 spiro atoms. The quantitative estimate of drug-likeness (QED) is 0.771. The fourth-order valence-electron chi connectivity index (χ4n) is 3.19. The minimum Gasteiger partial charge on any atom is -0.380 e. The lowest BCUT2D eigenvalue weighted by molar-refractivity contribution is 0.0988. The van der Waals surface area contributed by atoms with Crippen molar-refractivity contribution >= 4 is 16.6 Å². The summed E-state index contributed by atoms with van der Waals surface area (Å²) in [4.78, 5) is 14.7. The van der Waals surface area contributed by atoms with E-state index in [0.29, 0.717) is 6.42 Å². The predicted molar refractivity (Wildman–Crippen MR) is 92.2 cm³/mol. The second-order valence-electron chi connectivity index (χ2n) is 5.88. The van der Waals surface area contributed by atoms with E-state index in [1.165, 1.54) is 5.70 Å². The Morgan fingerprint density at radius 1 is 1.14 bits per heavy atom. The molecule has 2 aromatic carbocycles. The van der Waals surface area contributed by atoms with Crippen LogP contribution in [0, 0.1) is 0 Å². The van der Waals surface area contributed by atoms with Gasteiger partial charge in [0.25, 0.3) is 0 Å². The highest BCUT2D eigenvalue weighted by molar-refractivity contribution is 6.09. The van der Waals surface area contributed by atoms with Crippen LogP contribution in [0.25, 0.3) is 10.8 Å². The summed E-state index contributed by atoms with van der Waals surface area (Å²) in [5.74, 6) is 0.371. The highest BCUT2D eigenvalue weighted by Crippen LogP contribution is 2.36. The molecule has 0 amide bonds. The summed E-state index contributed by atoms with van der Waals surface area (Å²) in [6.45, 7) is 1.93. The van der Waals surface area contributed by atoms with Crippen molar-refractivity contribution in [1.82, 2.24) is 4.90 Å². The number of ketones is 1. The van der Waals surface area contributed by atoms with Crippen molar-refractivity contribution in [3.63, 3.8) is 0 Å². The minimum absolute atomic E-state index is 0.158. The molecule has 2 heteroatoms. The number of benzene rings is 2. The Bertz CT molecular complexity index is 783. The molecule has 0 fully saturated rings. The zero-order valence-electron chi connectivity index (χ0n) is 13.3. The summed E-state index contributed by atoms with van der Waals surface area (Å²) in [6, 6.07) is 12.4. The Morgan fingerprint density at radius 2 is 1.91 bits per heavy atom. The first-order valence-corrected chi connectivity index (χ1v) is 7.74. The number of allylic oxidation sites excluding steroid dienone is 3. The summed E-state index contributed by atoms with van der Waals surface area (Å²) in [7, 11) is 4.10. The molecule has 0 aliphatic heterocycles. The topological polar surface area (TPSA) is 20.3 Å². The van der Waals surface area contributed by atoms with E-state index in [2.05, 4.69) is 47.4 Å². The first-order valence-electron chi connectivity index (χ1n) is 7.74. The molecule has 0 radical (unpaired) electrons. The van der Waals surface area contributed by atoms with Crippen LogP contribution in [0.4, 0.5) is 0 Å². The molecular formula is C20H21NO. The van der Waals surface area contributed by atoms with E-state index in [-0.39, 0.29) is 11.7 Å². The highest BCUT2D eigenvalue weighted by atomic mass is 16.1. The van der Waals surface area contributed by atoms with Gasteiger partial charge in [0.15, 0.2) is 5.78 Å². The van der Waals surface area contributed by atoms with Crippen LogP contribution in [-0.4, -0.2) is 24.8 Å². The SMILES string of the molecule is CCC(=O)c1c(C2C=CC=C2N(C)C)ccc2ccccc12. The molecule has 0 saturated heterocycles. The van der Waals surface area contributed by atoms with Crippen LogP contribution in [0.1, 0.15) is 35.2 Å². The number of fused-ring (bicyclic) bond motifs is 1. The fourth-order valence-corrected chi connectivity index (χ4v) is 3.19. The summed E-state index contributed by atoms with van der Waals surface area (Å²) < 4.78 is 0. The second kappa shape index (κ2) is 5.80. The van der Waals surface area contributed by atoms with Crippen molar-refractivity contribution < 1.29 is 4.79 Å². The lowest BCUT2D eigenvalue weighted by Crippen LogP contribution is -2.17. The Hall–Kier alpha value is -2.35. The van der Waals surface area contributed by atoms with Gasteiger partial charge in [0, 0.05) is 37.7 Å². The van der Waals surface area contributed by atoms with E-state index in [0.717, 1.165) is 21.9 Å². The highest BCUT2D eigenvalue weighted by Gasteiger charge is 2.24. The molecule has 0 aromatic heterocycles. The number of carbonyl (C=O) groups excluding carboxylic acids is 1. The minimum atomic E-state index is 0.158.